The number of anilines is 1. The van der Waals surface area contributed by atoms with Crippen molar-refractivity contribution < 1.29 is 4.79 Å². The molecule has 0 spiro atoms. The molecule has 4 nitrogen and oxygen atoms in total. The van der Waals surface area contributed by atoms with Crippen molar-refractivity contribution in [3.05, 3.63) is 64.7 Å². The number of benzene rings is 2. The van der Waals surface area contributed by atoms with Crippen molar-refractivity contribution in [2.24, 2.45) is 5.10 Å². The first-order valence-corrected chi connectivity index (χ1v) is 7.68. The van der Waals surface area contributed by atoms with E-state index in [1.165, 1.54) is 5.56 Å². The lowest BCUT2D eigenvalue weighted by Crippen LogP contribution is -2.24. The van der Waals surface area contributed by atoms with Gasteiger partial charge in [-0.05, 0) is 40.8 Å². The van der Waals surface area contributed by atoms with Crippen LogP contribution in [0.5, 0.6) is 0 Å². The minimum Gasteiger partial charge on any atom is -0.307 e. The molecule has 0 atom stereocenters. The third kappa shape index (κ3) is 5.42. The highest BCUT2D eigenvalue weighted by molar-refractivity contribution is 6.30. The monoisotopic (exact) mass is 329 g/mol. The molecule has 0 aliphatic heterocycles. The summed E-state index contributed by atoms with van der Waals surface area (Å²) in [6.07, 6.45) is 1.61. The number of urea groups is 1. The molecule has 2 aromatic carbocycles. The number of hydrogen-bond donors (Lipinski definition) is 2. The van der Waals surface area contributed by atoms with Crippen LogP contribution in [0.25, 0.3) is 0 Å². The molecule has 0 fully saturated rings. The maximum Gasteiger partial charge on any atom is 0.339 e. The molecular formula is C18H20ClN3O. The van der Waals surface area contributed by atoms with Crippen LogP contribution in [0, 0.1) is 0 Å². The number of nitrogens with zero attached hydrogens (tertiary/aromatic N) is 1. The molecular weight excluding hydrogens is 310 g/mol. The summed E-state index contributed by atoms with van der Waals surface area (Å²) in [6, 6.07) is 14.5. The number of nitrogens with one attached hydrogen (secondary N) is 2. The summed E-state index contributed by atoms with van der Waals surface area (Å²) in [5, 5.41) is 7.21. The molecule has 2 N–H and O–H groups in total. The zero-order valence-corrected chi connectivity index (χ0v) is 14.2. The lowest BCUT2D eigenvalue weighted by atomic mass is 9.87. The van der Waals surface area contributed by atoms with Crippen molar-refractivity contribution in [1.29, 1.82) is 0 Å². The summed E-state index contributed by atoms with van der Waals surface area (Å²) >= 11 is 5.79. The fourth-order valence-corrected chi connectivity index (χ4v) is 2.05. The van der Waals surface area contributed by atoms with E-state index in [4.69, 9.17) is 11.6 Å². The van der Waals surface area contributed by atoms with Gasteiger partial charge in [-0.1, -0.05) is 56.6 Å². The van der Waals surface area contributed by atoms with Gasteiger partial charge in [0.05, 0.1) is 6.21 Å². The maximum absolute atomic E-state index is 11.7. The fraction of sp³-hybridized carbons (Fsp3) is 0.222. The third-order valence-corrected chi connectivity index (χ3v) is 3.51. The summed E-state index contributed by atoms with van der Waals surface area (Å²) in [5.41, 5.74) is 5.37. The van der Waals surface area contributed by atoms with E-state index in [9.17, 15) is 4.79 Å². The Hall–Kier alpha value is -2.33. The van der Waals surface area contributed by atoms with Gasteiger partial charge >= 0.3 is 6.03 Å². The van der Waals surface area contributed by atoms with Crippen molar-refractivity contribution >= 4 is 29.5 Å². The van der Waals surface area contributed by atoms with Gasteiger partial charge in [-0.2, -0.15) is 5.10 Å². The lowest BCUT2D eigenvalue weighted by Gasteiger charge is -2.18. The zero-order valence-electron chi connectivity index (χ0n) is 13.4. The van der Waals surface area contributed by atoms with Crippen molar-refractivity contribution in [2.45, 2.75) is 26.2 Å². The first-order chi connectivity index (χ1) is 10.8. The van der Waals surface area contributed by atoms with Crippen LogP contribution in [0.15, 0.2) is 53.6 Å². The molecule has 5 heteroatoms. The summed E-state index contributed by atoms with van der Waals surface area (Å²) < 4.78 is 0. The van der Waals surface area contributed by atoms with Gasteiger partial charge in [-0.25, -0.2) is 10.2 Å². The van der Waals surface area contributed by atoms with E-state index in [1.807, 2.05) is 12.1 Å². The molecule has 0 bridgehead atoms. The molecule has 0 heterocycles. The third-order valence-electron chi connectivity index (χ3n) is 3.26. The van der Waals surface area contributed by atoms with Crippen molar-refractivity contribution in [3.63, 3.8) is 0 Å². The van der Waals surface area contributed by atoms with E-state index in [2.05, 4.69) is 48.7 Å². The van der Waals surface area contributed by atoms with Crippen molar-refractivity contribution in [2.75, 3.05) is 5.32 Å². The van der Waals surface area contributed by atoms with E-state index >= 15 is 0 Å². The van der Waals surface area contributed by atoms with E-state index in [0.29, 0.717) is 10.7 Å². The lowest BCUT2D eigenvalue weighted by molar-refractivity contribution is 0.252. The quantitative estimate of drug-likeness (QED) is 0.617. The smallest absolute Gasteiger partial charge is 0.307 e. The molecule has 120 valence electrons. The average molecular weight is 330 g/mol. The fourth-order valence-electron chi connectivity index (χ4n) is 1.93. The van der Waals surface area contributed by atoms with Gasteiger partial charge in [0.25, 0.3) is 0 Å². The van der Waals surface area contributed by atoms with Gasteiger partial charge in [-0.15, -0.1) is 0 Å². The molecule has 0 radical (unpaired) electrons. The first kappa shape index (κ1) is 17.0. The Bertz CT molecular complexity index is 686. The number of hydrazone groups is 1. The number of rotatable bonds is 3. The largest absolute Gasteiger partial charge is 0.339 e. The van der Waals surface area contributed by atoms with Gasteiger partial charge < -0.3 is 5.32 Å². The molecule has 2 rings (SSSR count). The molecule has 23 heavy (non-hydrogen) atoms. The van der Waals surface area contributed by atoms with E-state index in [1.54, 1.807) is 30.5 Å². The predicted molar refractivity (Wildman–Crippen MR) is 96.3 cm³/mol. The molecule has 0 aromatic heterocycles. The normalized spacial score (nSPS) is 11.5. The molecule has 0 saturated heterocycles. The highest BCUT2D eigenvalue weighted by Crippen LogP contribution is 2.21. The second kappa shape index (κ2) is 7.29. The van der Waals surface area contributed by atoms with Crippen molar-refractivity contribution in [1.82, 2.24) is 5.43 Å². The molecule has 0 aliphatic rings. The second-order valence-corrected chi connectivity index (χ2v) is 6.64. The molecule has 0 unspecified atom stereocenters. The topological polar surface area (TPSA) is 53.5 Å². The standard InChI is InChI=1S/C18H20ClN3O/c1-18(2,3)14-6-4-13(5-7-14)12-20-22-17(23)21-16-10-8-15(19)9-11-16/h4-12H,1-3H3,(H2,21,22,23)/b20-12-. The number of amides is 2. The van der Waals surface area contributed by atoms with Gasteiger partial charge in [0.1, 0.15) is 0 Å². The van der Waals surface area contributed by atoms with Crippen LogP contribution in [0.2, 0.25) is 5.02 Å². The SMILES string of the molecule is CC(C)(C)c1ccc(/C=N\NC(=O)Nc2ccc(Cl)cc2)cc1. The number of carbonyl (C=O) groups excluding carboxylic acids is 1. The molecule has 0 saturated carbocycles. The van der Waals surface area contributed by atoms with E-state index in [0.717, 1.165) is 5.56 Å². The van der Waals surface area contributed by atoms with Crippen LogP contribution < -0.4 is 10.7 Å². The Morgan fingerprint density at radius 2 is 1.65 bits per heavy atom. The maximum atomic E-state index is 11.7. The molecule has 2 amide bonds. The molecule has 2 aromatic rings. The number of halogens is 1. The highest BCUT2D eigenvalue weighted by Gasteiger charge is 2.12. The van der Waals surface area contributed by atoms with Crippen LogP contribution in [0.1, 0.15) is 31.9 Å². The van der Waals surface area contributed by atoms with Crippen LogP contribution in [0.4, 0.5) is 10.5 Å². The van der Waals surface area contributed by atoms with Gasteiger partial charge in [0, 0.05) is 10.7 Å². The first-order valence-electron chi connectivity index (χ1n) is 7.31. The minimum atomic E-state index is -0.408. The summed E-state index contributed by atoms with van der Waals surface area (Å²) in [5.74, 6) is 0. The van der Waals surface area contributed by atoms with Gasteiger partial charge in [0.15, 0.2) is 0 Å². The Morgan fingerprint density at radius 3 is 2.22 bits per heavy atom. The second-order valence-electron chi connectivity index (χ2n) is 6.20. The highest BCUT2D eigenvalue weighted by atomic mass is 35.5. The number of hydrogen-bond acceptors (Lipinski definition) is 2. The minimum absolute atomic E-state index is 0.117. The predicted octanol–water partition coefficient (Wildman–Crippen LogP) is 4.79. The van der Waals surface area contributed by atoms with Gasteiger partial charge in [0.2, 0.25) is 0 Å². The Labute approximate surface area is 141 Å². The zero-order chi connectivity index (χ0) is 16.9. The van der Waals surface area contributed by atoms with Crippen LogP contribution in [-0.2, 0) is 5.41 Å². The summed E-state index contributed by atoms with van der Waals surface area (Å²) in [4.78, 5) is 11.7. The molecule has 0 aliphatic carbocycles. The van der Waals surface area contributed by atoms with Crippen LogP contribution >= 0.6 is 11.6 Å². The average Bonchev–Trinajstić information content (AvgIpc) is 2.49. The van der Waals surface area contributed by atoms with Crippen LogP contribution in [0.3, 0.4) is 0 Å². The van der Waals surface area contributed by atoms with E-state index < -0.39 is 6.03 Å². The Morgan fingerprint density at radius 1 is 1.04 bits per heavy atom. The number of carbonyl (C=O) groups is 1. The van der Waals surface area contributed by atoms with Crippen LogP contribution in [-0.4, -0.2) is 12.2 Å². The summed E-state index contributed by atoms with van der Waals surface area (Å²) in [7, 11) is 0. The summed E-state index contributed by atoms with van der Waals surface area (Å²) in [6.45, 7) is 6.50. The Kier molecular flexibility index (Phi) is 5.40. The van der Waals surface area contributed by atoms with E-state index in [-0.39, 0.29) is 5.41 Å². The van der Waals surface area contributed by atoms with Gasteiger partial charge in [-0.3, -0.25) is 0 Å². The van der Waals surface area contributed by atoms with Crippen molar-refractivity contribution in [3.8, 4) is 0 Å². The Balaban J connectivity index is 1.88.